The number of rotatable bonds is 7. The van der Waals surface area contributed by atoms with Crippen molar-refractivity contribution in [1.29, 1.82) is 0 Å². The van der Waals surface area contributed by atoms with Crippen molar-refractivity contribution >= 4 is 5.82 Å². The third-order valence-corrected chi connectivity index (χ3v) is 3.01. The maximum atomic E-state index is 9.15. The van der Waals surface area contributed by atoms with Crippen molar-refractivity contribution in [2.75, 3.05) is 18.1 Å². The van der Waals surface area contributed by atoms with Gasteiger partial charge in [0.1, 0.15) is 5.82 Å². The predicted octanol–water partition coefficient (Wildman–Crippen LogP) is 1.56. The minimum atomic E-state index is 0.0192. The van der Waals surface area contributed by atoms with E-state index in [1.807, 2.05) is 6.07 Å². The van der Waals surface area contributed by atoms with Gasteiger partial charge in [-0.2, -0.15) is 0 Å². The fourth-order valence-electron chi connectivity index (χ4n) is 2.04. The van der Waals surface area contributed by atoms with Crippen molar-refractivity contribution in [3.8, 4) is 0 Å². The van der Waals surface area contributed by atoms with Crippen LogP contribution in [0, 0.1) is 0 Å². The Balaban J connectivity index is 2.94. The lowest BCUT2D eigenvalue weighted by atomic mass is 10.1. The van der Waals surface area contributed by atoms with Crippen molar-refractivity contribution in [3.05, 3.63) is 23.9 Å². The molecule has 17 heavy (non-hydrogen) atoms. The zero-order valence-electron chi connectivity index (χ0n) is 10.6. The van der Waals surface area contributed by atoms with Gasteiger partial charge in [0.15, 0.2) is 0 Å². The summed E-state index contributed by atoms with van der Waals surface area (Å²) in [5.41, 5.74) is 0.851. The van der Waals surface area contributed by atoms with Gasteiger partial charge in [-0.3, -0.25) is 0 Å². The molecule has 2 N–H and O–H groups in total. The van der Waals surface area contributed by atoms with Crippen LogP contribution < -0.4 is 4.90 Å². The van der Waals surface area contributed by atoms with E-state index in [1.165, 1.54) is 0 Å². The van der Waals surface area contributed by atoms with E-state index in [0.29, 0.717) is 12.6 Å². The zero-order chi connectivity index (χ0) is 12.7. The number of anilines is 1. The average molecular weight is 238 g/mol. The molecule has 0 amide bonds. The standard InChI is InChI=1S/C13H22N2O2/c1-3-12(4-2)15(7-8-16)13-9-11(10-17)5-6-14-13/h5-6,9,12,16-17H,3-4,7-8,10H2,1-2H3. The quantitative estimate of drug-likeness (QED) is 0.757. The van der Waals surface area contributed by atoms with Crippen LogP contribution in [0.3, 0.4) is 0 Å². The number of aromatic nitrogens is 1. The van der Waals surface area contributed by atoms with Gasteiger partial charge in [-0.25, -0.2) is 4.98 Å². The van der Waals surface area contributed by atoms with Gasteiger partial charge in [-0.05, 0) is 30.5 Å². The van der Waals surface area contributed by atoms with E-state index in [2.05, 4.69) is 23.7 Å². The lowest BCUT2D eigenvalue weighted by Crippen LogP contribution is -2.37. The van der Waals surface area contributed by atoms with Crippen LogP contribution in [0.4, 0.5) is 5.82 Å². The van der Waals surface area contributed by atoms with Crippen molar-refractivity contribution in [2.24, 2.45) is 0 Å². The van der Waals surface area contributed by atoms with E-state index in [1.54, 1.807) is 12.3 Å². The monoisotopic (exact) mass is 238 g/mol. The summed E-state index contributed by atoms with van der Waals surface area (Å²) in [5.74, 6) is 0.833. The fourth-order valence-corrected chi connectivity index (χ4v) is 2.04. The van der Waals surface area contributed by atoms with Gasteiger partial charge in [-0.1, -0.05) is 13.8 Å². The Morgan fingerprint density at radius 1 is 1.29 bits per heavy atom. The van der Waals surface area contributed by atoms with Crippen LogP contribution in [-0.2, 0) is 6.61 Å². The zero-order valence-corrected chi connectivity index (χ0v) is 10.6. The molecule has 4 heteroatoms. The van der Waals surface area contributed by atoms with Crippen LogP contribution in [0.5, 0.6) is 0 Å². The third kappa shape index (κ3) is 3.68. The van der Waals surface area contributed by atoms with E-state index in [4.69, 9.17) is 10.2 Å². The molecule has 0 radical (unpaired) electrons. The summed E-state index contributed by atoms with van der Waals surface area (Å²) in [6.45, 7) is 4.98. The molecule has 0 fully saturated rings. The maximum Gasteiger partial charge on any atom is 0.129 e. The molecule has 1 aromatic heterocycles. The summed E-state index contributed by atoms with van der Waals surface area (Å²) in [6.07, 6.45) is 3.73. The average Bonchev–Trinajstić information content (AvgIpc) is 2.39. The van der Waals surface area contributed by atoms with Gasteiger partial charge < -0.3 is 15.1 Å². The first-order chi connectivity index (χ1) is 8.26. The van der Waals surface area contributed by atoms with Gasteiger partial charge >= 0.3 is 0 Å². The van der Waals surface area contributed by atoms with Gasteiger partial charge in [-0.15, -0.1) is 0 Å². The first kappa shape index (κ1) is 13.9. The molecule has 0 atom stereocenters. The van der Waals surface area contributed by atoms with Gasteiger partial charge in [0.05, 0.1) is 13.2 Å². The first-order valence-electron chi connectivity index (χ1n) is 6.20. The largest absolute Gasteiger partial charge is 0.395 e. The van der Waals surface area contributed by atoms with Crippen LogP contribution >= 0.6 is 0 Å². The highest BCUT2D eigenvalue weighted by atomic mass is 16.3. The second-order valence-corrected chi connectivity index (χ2v) is 4.07. The SMILES string of the molecule is CCC(CC)N(CCO)c1cc(CO)ccn1. The van der Waals surface area contributed by atoms with E-state index >= 15 is 0 Å². The fraction of sp³-hybridized carbons (Fsp3) is 0.615. The molecule has 0 saturated carbocycles. The van der Waals surface area contributed by atoms with Gasteiger partial charge in [0, 0.05) is 18.8 Å². The lowest BCUT2D eigenvalue weighted by Gasteiger charge is -2.31. The lowest BCUT2D eigenvalue weighted by molar-refractivity contribution is 0.281. The highest BCUT2D eigenvalue weighted by Crippen LogP contribution is 2.18. The summed E-state index contributed by atoms with van der Waals surface area (Å²) in [7, 11) is 0. The Labute approximate surface area is 103 Å². The molecule has 0 aliphatic heterocycles. The Bertz CT molecular complexity index is 327. The Morgan fingerprint density at radius 3 is 2.53 bits per heavy atom. The molecule has 0 saturated heterocycles. The molecule has 4 nitrogen and oxygen atoms in total. The number of hydrogen-bond acceptors (Lipinski definition) is 4. The van der Waals surface area contributed by atoms with Crippen molar-refractivity contribution in [1.82, 2.24) is 4.98 Å². The summed E-state index contributed by atoms with van der Waals surface area (Å²) in [4.78, 5) is 6.44. The Hall–Kier alpha value is -1.13. The molecule has 0 unspecified atom stereocenters. The molecule has 0 aromatic carbocycles. The van der Waals surface area contributed by atoms with Crippen LogP contribution in [-0.4, -0.2) is 34.4 Å². The second kappa shape index (κ2) is 7.25. The second-order valence-electron chi connectivity index (χ2n) is 4.07. The summed E-state index contributed by atoms with van der Waals surface area (Å²) < 4.78 is 0. The molecular formula is C13H22N2O2. The van der Waals surface area contributed by atoms with E-state index < -0.39 is 0 Å². The van der Waals surface area contributed by atoms with Gasteiger partial charge in [0.25, 0.3) is 0 Å². The van der Waals surface area contributed by atoms with Gasteiger partial charge in [0.2, 0.25) is 0 Å². The smallest absolute Gasteiger partial charge is 0.129 e. The van der Waals surface area contributed by atoms with Crippen LogP contribution in [0.25, 0.3) is 0 Å². The Morgan fingerprint density at radius 2 is 2.00 bits per heavy atom. The van der Waals surface area contributed by atoms with Crippen LogP contribution in [0.1, 0.15) is 32.3 Å². The summed E-state index contributed by atoms with van der Waals surface area (Å²) >= 11 is 0. The molecule has 0 aliphatic carbocycles. The minimum absolute atomic E-state index is 0.0192. The number of nitrogens with zero attached hydrogens (tertiary/aromatic N) is 2. The van der Waals surface area contributed by atoms with E-state index in [0.717, 1.165) is 24.2 Å². The highest BCUT2D eigenvalue weighted by molar-refractivity contribution is 5.42. The number of aliphatic hydroxyl groups is 2. The summed E-state index contributed by atoms with van der Waals surface area (Å²) in [5, 5.41) is 18.3. The number of hydrogen-bond donors (Lipinski definition) is 2. The number of aliphatic hydroxyl groups excluding tert-OH is 2. The van der Waals surface area contributed by atoms with E-state index in [9.17, 15) is 0 Å². The molecule has 96 valence electrons. The molecule has 0 aliphatic rings. The Kier molecular flexibility index (Phi) is 5.94. The third-order valence-electron chi connectivity index (χ3n) is 3.01. The normalized spacial score (nSPS) is 10.9. The minimum Gasteiger partial charge on any atom is -0.395 e. The van der Waals surface area contributed by atoms with Crippen LogP contribution in [0.2, 0.25) is 0 Å². The predicted molar refractivity (Wildman–Crippen MR) is 69.0 cm³/mol. The van der Waals surface area contributed by atoms with Crippen molar-refractivity contribution in [3.63, 3.8) is 0 Å². The molecule has 1 rings (SSSR count). The summed E-state index contributed by atoms with van der Waals surface area (Å²) in [6, 6.07) is 4.06. The molecular weight excluding hydrogens is 216 g/mol. The maximum absolute atomic E-state index is 9.15. The molecule has 0 bridgehead atoms. The molecule has 1 aromatic rings. The topological polar surface area (TPSA) is 56.6 Å². The van der Waals surface area contributed by atoms with Crippen LogP contribution in [0.15, 0.2) is 18.3 Å². The molecule has 1 heterocycles. The number of pyridine rings is 1. The van der Waals surface area contributed by atoms with Crippen molar-refractivity contribution < 1.29 is 10.2 Å². The molecule has 0 spiro atoms. The van der Waals surface area contributed by atoms with Crippen molar-refractivity contribution in [2.45, 2.75) is 39.3 Å². The first-order valence-corrected chi connectivity index (χ1v) is 6.20. The highest BCUT2D eigenvalue weighted by Gasteiger charge is 2.16. The van der Waals surface area contributed by atoms with E-state index in [-0.39, 0.29) is 13.2 Å².